The predicted molar refractivity (Wildman–Crippen MR) is 148 cm³/mol. The van der Waals surface area contributed by atoms with Gasteiger partial charge >= 0.3 is 0 Å². The van der Waals surface area contributed by atoms with Crippen LogP contribution in [0.2, 0.25) is 0 Å². The third kappa shape index (κ3) is 4.92. The molecular weight excluding hydrogens is 510 g/mol. The largest absolute Gasteiger partial charge is 0.474 e. The topological polar surface area (TPSA) is 150 Å². The van der Waals surface area contributed by atoms with Crippen molar-refractivity contribution in [3.8, 4) is 17.0 Å². The molecule has 1 spiro atoms. The van der Waals surface area contributed by atoms with Crippen LogP contribution in [0.4, 0.5) is 0 Å². The Morgan fingerprint density at radius 3 is 2.65 bits per heavy atom. The number of hydrogen-bond donors (Lipinski definition) is 3. The van der Waals surface area contributed by atoms with Gasteiger partial charge in [-0.15, -0.1) is 0 Å². The van der Waals surface area contributed by atoms with Gasteiger partial charge in [-0.05, 0) is 74.8 Å². The number of pyridine rings is 1. The number of fused-ring (bicyclic) bond motifs is 1. The Morgan fingerprint density at radius 1 is 1.20 bits per heavy atom. The highest BCUT2D eigenvalue weighted by Gasteiger charge is 2.54. The Balaban J connectivity index is 1.13. The van der Waals surface area contributed by atoms with Crippen LogP contribution in [0.5, 0.6) is 5.88 Å². The number of primary amides is 1. The van der Waals surface area contributed by atoms with Gasteiger partial charge < -0.3 is 20.9 Å². The fourth-order valence-corrected chi connectivity index (χ4v) is 6.07. The molecule has 0 saturated heterocycles. The van der Waals surface area contributed by atoms with Crippen LogP contribution >= 0.6 is 0 Å². The van der Waals surface area contributed by atoms with E-state index >= 15 is 0 Å². The maximum atomic E-state index is 13.4. The molecule has 0 aliphatic heterocycles. The lowest BCUT2D eigenvalue weighted by Gasteiger charge is -2.57. The average molecular weight is 544 g/mol. The van der Waals surface area contributed by atoms with Crippen molar-refractivity contribution in [1.82, 2.24) is 29.9 Å². The van der Waals surface area contributed by atoms with Crippen molar-refractivity contribution in [3.05, 3.63) is 60.2 Å². The van der Waals surface area contributed by atoms with E-state index in [1.54, 1.807) is 47.7 Å². The van der Waals surface area contributed by atoms with Crippen LogP contribution in [-0.4, -0.2) is 59.2 Å². The number of aromatic nitrogens is 5. The summed E-state index contributed by atoms with van der Waals surface area (Å²) in [5.74, 6) is -0.506. The Labute approximate surface area is 231 Å². The second kappa shape index (κ2) is 9.44. The van der Waals surface area contributed by atoms with Crippen molar-refractivity contribution in [2.24, 2.45) is 18.2 Å². The van der Waals surface area contributed by atoms with Crippen molar-refractivity contribution in [2.45, 2.75) is 63.8 Å². The van der Waals surface area contributed by atoms with Gasteiger partial charge in [0.2, 0.25) is 5.88 Å². The molecule has 2 amide bonds. The Hall–Kier alpha value is -4.25. The summed E-state index contributed by atoms with van der Waals surface area (Å²) in [6, 6.07) is 9.18. The predicted octanol–water partition coefficient (Wildman–Crippen LogP) is 2.82. The number of nitrogens with zero attached hydrogens (tertiary/aromatic N) is 5. The van der Waals surface area contributed by atoms with Crippen molar-refractivity contribution in [2.75, 3.05) is 0 Å². The fraction of sp³-hybridized carbons (Fsp3) is 0.414. The lowest BCUT2D eigenvalue weighted by molar-refractivity contribution is -0.0848. The zero-order valence-corrected chi connectivity index (χ0v) is 22.8. The molecule has 2 aliphatic rings. The quantitative estimate of drug-likeness (QED) is 0.309. The van der Waals surface area contributed by atoms with Crippen LogP contribution in [-0.2, 0) is 13.6 Å². The van der Waals surface area contributed by atoms with Gasteiger partial charge in [0.15, 0.2) is 5.69 Å². The molecule has 3 heterocycles. The molecule has 4 aromatic rings. The molecule has 2 fully saturated rings. The first-order valence-electron chi connectivity index (χ1n) is 13.4. The number of aryl methyl sites for hydroxylation is 1. The maximum Gasteiger partial charge on any atom is 0.272 e. The second-order valence-electron chi connectivity index (χ2n) is 11.9. The monoisotopic (exact) mass is 543 g/mol. The third-order valence-electron chi connectivity index (χ3n) is 7.87. The molecule has 4 N–H and O–H groups in total. The van der Waals surface area contributed by atoms with Gasteiger partial charge in [-0.1, -0.05) is 6.07 Å². The van der Waals surface area contributed by atoms with Crippen molar-refractivity contribution in [3.63, 3.8) is 0 Å². The summed E-state index contributed by atoms with van der Waals surface area (Å²) in [6.07, 6.45) is 8.68. The van der Waals surface area contributed by atoms with Gasteiger partial charge in [-0.2, -0.15) is 10.2 Å². The molecular formula is C29H33N7O4. The van der Waals surface area contributed by atoms with Gasteiger partial charge in [0, 0.05) is 36.4 Å². The van der Waals surface area contributed by atoms with E-state index in [0.717, 1.165) is 47.7 Å². The molecule has 0 radical (unpaired) electrons. The van der Waals surface area contributed by atoms with Crippen molar-refractivity contribution < 1.29 is 19.4 Å². The molecule has 0 bridgehead atoms. The Kier molecular flexibility index (Phi) is 6.14. The van der Waals surface area contributed by atoms with E-state index < -0.39 is 11.5 Å². The van der Waals surface area contributed by atoms with Gasteiger partial charge in [-0.25, -0.2) is 4.98 Å². The fourth-order valence-electron chi connectivity index (χ4n) is 6.07. The van der Waals surface area contributed by atoms with E-state index in [2.05, 4.69) is 20.5 Å². The zero-order valence-electron chi connectivity index (χ0n) is 22.8. The lowest BCUT2D eigenvalue weighted by Crippen LogP contribution is -2.58. The number of carbonyl (C=O) groups excluding carboxylic acids is 2. The van der Waals surface area contributed by atoms with Crippen LogP contribution in [0.15, 0.2) is 48.9 Å². The molecule has 2 saturated carbocycles. The van der Waals surface area contributed by atoms with E-state index in [0.29, 0.717) is 5.69 Å². The summed E-state index contributed by atoms with van der Waals surface area (Å²) >= 11 is 0. The molecule has 2 aliphatic carbocycles. The van der Waals surface area contributed by atoms with Gasteiger partial charge in [-0.3, -0.25) is 19.0 Å². The summed E-state index contributed by atoms with van der Waals surface area (Å²) in [4.78, 5) is 29.2. The van der Waals surface area contributed by atoms with Crippen LogP contribution < -0.4 is 15.8 Å². The molecule has 0 unspecified atom stereocenters. The number of ether oxygens (including phenoxy) is 1. The molecule has 208 valence electrons. The third-order valence-corrected chi connectivity index (χ3v) is 7.87. The van der Waals surface area contributed by atoms with Crippen LogP contribution in [0.25, 0.3) is 22.0 Å². The molecule has 1 aromatic carbocycles. The van der Waals surface area contributed by atoms with E-state index in [-0.39, 0.29) is 41.5 Å². The first-order chi connectivity index (χ1) is 19.0. The highest BCUT2D eigenvalue weighted by molar-refractivity contribution is 6.05. The molecule has 6 rings (SSSR count). The summed E-state index contributed by atoms with van der Waals surface area (Å²) in [6.45, 7) is 3.68. The number of nitrogens with one attached hydrogen (secondary N) is 1. The van der Waals surface area contributed by atoms with Crippen LogP contribution in [0.3, 0.4) is 0 Å². The number of benzene rings is 1. The number of rotatable bonds is 8. The molecule has 3 aromatic heterocycles. The normalized spacial score (nSPS) is 22.1. The number of aliphatic hydroxyl groups is 1. The second-order valence-corrected chi connectivity index (χ2v) is 11.9. The minimum Gasteiger partial charge on any atom is -0.474 e. The standard InChI is InChI=1S/C29H33N7O4/c1-28(2,39)16-36-23-9-17(18-14-32-35(3)15-18)6-7-21(23)24(34-36)26(38)33-19-10-29(11-19)12-20(13-29)40-27-22(25(30)37)5-4-8-31-27/h4-9,14-15,19-20,39H,10-13,16H2,1-3H3,(H2,30,37)(H,33,38)/t19-,20-,29?. The zero-order chi connectivity index (χ0) is 28.2. The average Bonchev–Trinajstić information content (AvgIpc) is 3.44. The summed E-state index contributed by atoms with van der Waals surface area (Å²) in [7, 11) is 1.87. The smallest absolute Gasteiger partial charge is 0.272 e. The van der Waals surface area contributed by atoms with E-state index in [1.807, 2.05) is 31.4 Å². The summed E-state index contributed by atoms with van der Waals surface area (Å²) < 4.78 is 9.40. The van der Waals surface area contributed by atoms with Gasteiger partial charge in [0.05, 0.1) is 23.9 Å². The van der Waals surface area contributed by atoms with Crippen molar-refractivity contribution >= 4 is 22.7 Å². The Bertz CT molecular complexity index is 1600. The van der Waals surface area contributed by atoms with Crippen LogP contribution in [0.1, 0.15) is 60.4 Å². The molecule has 0 atom stereocenters. The minimum absolute atomic E-state index is 0.0276. The van der Waals surface area contributed by atoms with Gasteiger partial charge in [0.1, 0.15) is 11.7 Å². The first kappa shape index (κ1) is 26.0. The Morgan fingerprint density at radius 2 is 1.98 bits per heavy atom. The highest BCUT2D eigenvalue weighted by atomic mass is 16.5. The molecule has 11 nitrogen and oxygen atoms in total. The van der Waals surface area contributed by atoms with E-state index in [4.69, 9.17) is 10.5 Å². The number of hydrogen-bond acceptors (Lipinski definition) is 7. The SMILES string of the molecule is Cn1cc(-c2ccc3c(C(=O)N[C@H]4CC5(C4)C[C@H](Oc4ncccc4C(N)=O)C5)nn(CC(C)(C)O)c3c2)cn1. The lowest BCUT2D eigenvalue weighted by atomic mass is 9.53. The van der Waals surface area contributed by atoms with E-state index in [9.17, 15) is 14.7 Å². The first-order valence-corrected chi connectivity index (χ1v) is 13.4. The highest BCUT2D eigenvalue weighted by Crippen LogP contribution is 2.56. The maximum absolute atomic E-state index is 13.4. The molecule has 11 heteroatoms. The molecule has 40 heavy (non-hydrogen) atoms. The number of carbonyl (C=O) groups is 2. The number of nitrogens with two attached hydrogens (primary N) is 1. The summed E-state index contributed by atoms with van der Waals surface area (Å²) in [5, 5.41) is 23.3. The van der Waals surface area contributed by atoms with E-state index in [1.165, 1.54) is 0 Å². The number of amides is 2. The minimum atomic E-state index is -1.01. The summed E-state index contributed by atoms with van der Waals surface area (Å²) in [5.41, 5.74) is 7.89. The van der Waals surface area contributed by atoms with Crippen molar-refractivity contribution in [1.29, 1.82) is 0 Å². The van der Waals surface area contributed by atoms with Gasteiger partial charge in [0.25, 0.3) is 11.8 Å². The van der Waals surface area contributed by atoms with Crippen LogP contribution in [0, 0.1) is 5.41 Å².